The number of nitrogens with one attached hydrogen (secondary N) is 1. The SMILES string of the molecule is CNC(Cc1ccoc1)c1cc(Cl)ccc1F. The lowest BCUT2D eigenvalue weighted by molar-refractivity contribution is 0.526. The predicted molar refractivity (Wildman–Crippen MR) is 65.6 cm³/mol. The van der Waals surface area contributed by atoms with Crippen molar-refractivity contribution in [3.8, 4) is 0 Å². The number of benzene rings is 1. The van der Waals surface area contributed by atoms with E-state index in [9.17, 15) is 4.39 Å². The number of likely N-dealkylation sites (N-methyl/N-ethyl adjacent to an activating group) is 1. The minimum Gasteiger partial charge on any atom is -0.472 e. The van der Waals surface area contributed by atoms with Crippen molar-refractivity contribution in [2.45, 2.75) is 12.5 Å². The number of hydrogen-bond acceptors (Lipinski definition) is 2. The summed E-state index contributed by atoms with van der Waals surface area (Å²) in [5.41, 5.74) is 1.59. The van der Waals surface area contributed by atoms with Crippen LogP contribution in [0.1, 0.15) is 17.2 Å². The van der Waals surface area contributed by atoms with E-state index < -0.39 is 0 Å². The van der Waals surface area contributed by atoms with Gasteiger partial charge in [0, 0.05) is 16.6 Å². The third-order valence-corrected chi connectivity index (χ3v) is 2.94. The Morgan fingerprint density at radius 2 is 2.24 bits per heavy atom. The van der Waals surface area contributed by atoms with Crippen LogP contribution in [-0.4, -0.2) is 7.05 Å². The van der Waals surface area contributed by atoms with Crippen molar-refractivity contribution in [3.05, 3.63) is 58.8 Å². The molecule has 0 bridgehead atoms. The molecule has 0 saturated carbocycles. The minimum absolute atomic E-state index is 0.119. The van der Waals surface area contributed by atoms with E-state index in [0.29, 0.717) is 17.0 Å². The second kappa shape index (κ2) is 5.34. The molecule has 1 atom stereocenters. The fourth-order valence-electron chi connectivity index (χ4n) is 1.79. The highest BCUT2D eigenvalue weighted by Crippen LogP contribution is 2.24. The Kier molecular flexibility index (Phi) is 3.82. The Morgan fingerprint density at radius 3 is 2.88 bits per heavy atom. The molecule has 0 amide bonds. The number of hydrogen-bond donors (Lipinski definition) is 1. The summed E-state index contributed by atoms with van der Waals surface area (Å²) in [6.45, 7) is 0. The summed E-state index contributed by atoms with van der Waals surface area (Å²) in [6, 6.07) is 6.33. The first kappa shape index (κ1) is 12.1. The fourth-order valence-corrected chi connectivity index (χ4v) is 1.97. The second-order valence-corrected chi connectivity index (χ2v) is 4.28. The van der Waals surface area contributed by atoms with E-state index in [1.807, 2.05) is 6.07 Å². The molecule has 0 aliphatic carbocycles. The third-order valence-electron chi connectivity index (χ3n) is 2.70. The van der Waals surface area contributed by atoms with Gasteiger partial charge in [0.05, 0.1) is 12.5 Å². The molecule has 2 aromatic rings. The van der Waals surface area contributed by atoms with Gasteiger partial charge in [0.2, 0.25) is 0 Å². The van der Waals surface area contributed by atoms with E-state index in [4.69, 9.17) is 16.0 Å². The van der Waals surface area contributed by atoms with Crippen LogP contribution in [0.4, 0.5) is 4.39 Å². The van der Waals surface area contributed by atoms with Gasteiger partial charge in [0.25, 0.3) is 0 Å². The maximum Gasteiger partial charge on any atom is 0.128 e. The van der Waals surface area contributed by atoms with E-state index in [2.05, 4.69) is 5.32 Å². The summed E-state index contributed by atoms with van der Waals surface area (Å²) in [5.74, 6) is -0.253. The highest BCUT2D eigenvalue weighted by molar-refractivity contribution is 6.30. The molecule has 90 valence electrons. The number of halogens is 2. The van der Waals surface area contributed by atoms with Gasteiger partial charge in [-0.15, -0.1) is 0 Å². The van der Waals surface area contributed by atoms with Gasteiger partial charge < -0.3 is 9.73 Å². The Labute approximate surface area is 104 Å². The van der Waals surface area contributed by atoms with Crippen molar-refractivity contribution in [3.63, 3.8) is 0 Å². The molecule has 0 saturated heterocycles. The molecule has 1 unspecified atom stereocenters. The molecule has 0 fully saturated rings. The van der Waals surface area contributed by atoms with E-state index in [1.165, 1.54) is 6.07 Å². The van der Waals surface area contributed by atoms with Gasteiger partial charge in [0.15, 0.2) is 0 Å². The van der Waals surface area contributed by atoms with Gasteiger partial charge in [-0.05, 0) is 43.3 Å². The van der Waals surface area contributed by atoms with Crippen molar-refractivity contribution in [1.29, 1.82) is 0 Å². The first-order valence-corrected chi connectivity index (χ1v) is 5.72. The zero-order valence-electron chi connectivity index (χ0n) is 9.41. The van der Waals surface area contributed by atoms with Gasteiger partial charge in [0.1, 0.15) is 5.82 Å². The van der Waals surface area contributed by atoms with E-state index in [-0.39, 0.29) is 11.9 Å². The molecule has 0 spiro atoms. The number of furan rings is 1. The maximum atomic E-state index is 13.7. The summed E-state index contributed by atoms with van der Waals surface area (Å²) in [5, 5.41) is 3.62. The van der Waals surface area contributed by atoms with Gasteiger partial charge in [-0.3, -0.25) is 0 Å². The summed E-state index contributed by atoms with van der Waals surface area (Å²) in [7, 11) is 1.80. The monoisotopic (exact) mass is 253 g/mol. The zero-order valence-corrected chi connectivity index (χ0v) is 10.2. The Morgan fingerprint density at radius 1 is 1.41 bits per heavy atom. The molecule has 1 N–H and O–H groups in total. The molecule has 1 heterocycles. The molecule has 0 radical (unpaired) electrons. The van der Waals surface area contributed by atoms with Crippen LogP contribution in [0.3, 0.4) is 0 Å². The molecule has 0 aliphatic rings. The largest absolute Gasteiger partial charge is 0.472 e. The molecular weight excluding hydrogens is 241 g/mol. The standard InChI is InChI=1S/C13H13ClFNO/c1-16-13(6-9-4-5-17-8-9)11-7-10(14)2-3-12(11)15/h2-5,7-8,13,16H,6H2,1H3. The van der Waals surface area contributed by atoms with Crippen molar-refractivity contribution < 1.29 is 8.81 Å². The molecule has 2 rings (SSSR count). The second-order valence-electron chi connectivity index (χ2n) is 3.84. The topological polar surface area (TPSA) is 25.2 Å². The quantitative estimate of drug-likeness (QED) is 0.901. The highest BCUT2D eigenvalue weighted by Gasteiger charge is 2.15. The molecular formula is C13H13ClFNO. The van der Waals surface area contributed by atoms with Crippen LogP contribution in [0, 0.1) is 5.82 Å². The van der Waals surface area contributed by atoms with Crippen molar-refractivity contribution in [1.82, 2.24) is 5.32 Å². The lowest BCUT2D eigenvalue weighted by Crippen LogP contribution is -2.19. The Hall–Kier alpha value is -1.32. The van der Waals surface area contributed by atoms with Crippen molar-refractivity contribution >= 4 is 11.6 Å². The van der Waals surface area contributed by atoms with Crippen LogP contribution in [-0.2, 0) is 6.42 Å². The van der Waals surface area contributed by atoms with Gasteiger partial charge >= 0.3 is 0 Å². The van der Waals surface area contributed by atoms with Crippen LogP contribution in [0.25, 0.3) is 0 Å². The first-order chi connectivity index (χ1) is 8.20. The number of rotatable bonds is 4. The Bertz CT molecular complexity index is 484. The molecule has 2 nitrogen and oxygen atoms in total. The predicted octanol–water partition coefficient (Wildman–Crippen LogP) is 3.58. The minimum atomic E-state index is -0.253. The van der Waals surface area contributed by atoms with Crippen molar-refractivity contribution in [2.75, 3.05) is 7.05 Å². The van der Waals surface area contributed by atoms with Crippen LogP contribution in [0.5, 0.6) is 0 Å². The van der Waals surface area contributed by atoms with Crippen LogP contribution >= 0.6 is 11.6 Å². The lowest BCUT2D eigenvalue weighted by Gasteiger charge is -2.16. The zero-order chi connectivity index (χ0) is 12.3. The van der Waals surface area contributed by atoms with Crippen LogP contribution < -0.4 is 5.32 Å². The normalized spacial score (nSPS) is 12.6. The first-order valence-electron chi connectivity index (χ1n) is 5.34. The lowest BCUT2D eigenvalue weighted by atomic mass is 10.0. The van der Waals surface area contributed by atoms with Gasteiger partial charge in [-0.25, -0.2) is 4.39 Å². The molecule has 1 aromatic carbocycles. The van der Waals surface area contributed by atoms with Gasteiger partial charge in [-0.1, -0.05) is 11.6 Å². The van der Waals surface area contributed by atoms with E-state index in [1.54, 1.807) is 31.7 Å². The molecule has 4 heteroatoms. The van der Waals surface area contributed by atoms with Crippen LogP contribution in [0.2, 0.25) is 5.02 Å². The molecule has 17 heavy (non-hydrogen) atoms. The average Bonchev–Trinajstić information content (AvgIpc) is 2.82. The molecule has 0 aliphatic heterocycles. The summed E-state index contributed by atoms with van der Waals surface area (Å²) in [4.78, 5) is 0. The van der Waals surface area contributed by atoms with E-state index >= 15 is 0 Å². The highest BCUT2D eigenvalue weighted by atomic mass is 35.5. The summed E-state index contributed by atoms with van der Waals surface area (Å²) >= 11 is 5.89. The van der Waals surface area contributed by atoms with Crippen molar-refractivity contribution in [2.24, 2.45) is 0 Å². The third kappa shape index (κ3) is 2.87. The summed E-state index contributed by atoms with van der Waals surface area (Å²) in [6.07, 6.45) is 3.92. The maximum absolute atomic E-state index is 13.7. The summed E-state index contributed by atoms with van der Waals surface area (Å²) < 4.78 is 18.7. The fraction of sp³-hybridized carbons (Fsp3) is 0.231. The van der Waals surface area contributed by atoms with Gasteiger partial charge in [-0.2, -0.15) is 0 Å². The smallest absolute Gasteiger partial charge is 0.128 e. The van der Waals surface area contributed by atoms with Crippen LogP contribution in [0.15, 0.2) is 41.2 Å². The van der Waals surface area contributed by atoms with E-state index in [0.717, 1.165) is 5.56 Å². The Balaban J connectivity index is 2.25. The molecule has 1 aromatic heterocycles. The average molecular weight is 254 g/mol.